The largest absolute Gasteiger partial charge is 1.00 e. The Morgan fingerprint density at radius 2 is 1.59 bits per heavy atom. The van der Waals surface area contributed by atoms with Crippen LogP contribution in [0, 0.1) is 13.0 Å². The molecule has 0 atom stereocenters. The van der Waals surface area contributed by atoms with Crippen molar-refractivity contribution in [2.75, 3.05) is 16.0 Å². The number of carbonyl (C=O) groups is 1. The third-order valence-electron chi connectivity index (χ3n) is 7.83. The molecule has 0 saturated heterocycles. The number of pyridine rings is 1. The number of carbonyl (C=O) groups excluding carboxylic acids is 1. The van der Waals surface area contributed by atoms with Crippen LogP contribution in [0.3, 0.4) is 0 Å². The molecule has 0 unspecified atom stereocenters. The zero-order valence-electron chi connectivity index (χ0n) is 26.3. The van der Waals surface area contributed by atoms with E-state index in [1.165, 1.54) is 28.8 Å². The molecule has 6 N–H and O–H groups in total. The van der Waals surface area contributed by atoms with Gasteiger partial charge in [-0.1, -0.05) is 36.9 Å². The third-order valence-corrected chi connectivity index (χ3v) is 8.98. The van der Waals surface area contributed by atoms with E-state index in [1.807, 2.05) is 19.1 Å². The number of rotatable bonds is 8. The summed E-state index contributed by atoms with van der Waals surface area (Å²) in [6.07, 6.45) is 0. The van der Waals surface area contributed by atoms with Gasteiger partial charge in [-0.3, -0.25) is 9.59 Å². The Morgan fingerprint density at radius 1 is 0.857 bits per heavy atom. The van der Waals surface area contributed by atoms with Crippen LogP contribution in [0.5, 0.6) is 6.01 Å². The van der Waals surface area contributed by atoms with Crippen molar-refractivity contribution in [3.05, 3.63) is 112 Å². The molecule has 240 valence electrons. The summed E-state index contributed by atoms with van der Waals surface area (Å²) < 4.78 is 31.6. The maximum absolute atomic E-state index is 14.0. The van der Waals surface area contributed by atoms with Crippen molar-refractivity contribution in [2.45, 2.75) is 11.8 Å². The molecule has 1 aliphatic rings. The Bertz CT molecular complexity index is 2490. The van der Waals surface area contributed by atoms with Crippen LogP contribution in [-0.4, -0.2) is 38.8 Å². The Hall–Kier alpha value is -5.16. The van der Waals surface area contributed by atoms with Gasteiger partial charge in [-0.05, 0) is 41.5 Å². The van der Waals surface area contributed by atoms with Crippen LogP contribution in [-0.2, 0) is 21.4 Å². The molecule has 0 spiro atoms. The molecule has 0 aliphatic heterocycles. The molecule has 14 nitrogen and oxygen atoms in total. The predicted molar refractivity (Wildman–Crippen MR) is 178 cm³/mol. The molecule has 0 bridgehead atoms. The molecular formula is C33H25N8NaO6S. The minimum absolute atomic E-state index is 0. The zero-order chi connectivity index (χ0) is 33.7. The van der Waals surface area contributed by atoms with E-state index in [1.54, 1.807) is 49.5 Å². The van der Waals surface area contributed by atoms with Crippen LogP contribution in [0.2, 0.25) is 0 Å². The standard InChI is InChI=1S/C33H25N8O6S.Na/c1-17-6-5-7-18(14-17)35-31-38-32(40-33(44)39-31)36-19-10-13-26(48(45,46)47-34)24(15-19)37-23-11-12-25-28-22(16-27(42)41(25)2)20-8-3-4-9-21(20)30(43)29(23)28;/h3-6,8-16,37H,34H2,1-2H3,(H3,35,36,38,39,40,44);/q-1;+1. The van der Waals surface area contributed by atoms with E-state index in [4.69, 9.17) is 5.90 Å². The summed E-state index contributed by atoms with van der Waals surface area (Å²) in [5.41, 5.74) is 4.20. The number of hydrogen-bond acceptors (Lipinski definition) is 13. The number of aromatic nitrogens is 4. The second kappa shape index (κ2) is 13.0. The second-order valence-electron chi connectivity index (χ2n) is 10.9. The summed E-state index contributed by atoms with van der Waals surface area (Å²) in [5.74, 6) is 4.80. The Morgan fingerprint density at radius 3 is 2.33 bits per heavy atom. The molecule has 2 aromatic heterocycles. The zero-order valence-corrected chi connectivity index (χ0v) is 29.1. The SMILES string of the molecule is Cc1cc[c-]c(Nc2nc(O)nc(Nc3ccc(S(=O)(=O)ON)c(Nc4ccc5c6c(cc(=O)n5C)-c5ccccc5C(=O)c46)c3)n2)c1.[Na+]. The van der Waals surface area contributed by atoms with Crippen LogP contribution in [0.25, 0.3) is 22.0 Å². The van der Waals surface area contributed by atoms with Crippen LogP contribution < -0.4 is 57.0 Å². The molecule has 0 saturated carbocycles. The molecule has 2 heterocycles. The predicted octanol–water partition coefficient (Wildman–Crippen LogP) is 1.56. The second-order valence-corrected chi connectivity index (χ2v) is 12.5. The first-order valence-corrected chi connectivity index (χ1v) is 15.8. The number of nitrogens with two attached hydrogens (primary N) is 1. The number of nitrogens with zero attached hydrogens (tertiary/aromatic N) is 4. The number of benzene rings is 4. The van der Waals surface area contributed by atoms with Crippen LogP contribution in [0.4, 0.5) is 34.6 Å². The normalized spacial score (nSPS) is 11.9. The van der Waals surface area contributed by atoms with E-state index in [-0.39, 0.29) is 74.6 Å². The van der Waals surface area contributed by atoms with Crippen LogP contribution in [0.1, 0.15) is 21.5 Å². The fourth-order valence-electron chi connectivity index (χ4n) is 5.66. The maximum Gasteiger partial charge on any atom is 1.00 e. The number of aromatic hydroxyl groups is 1. The summed E-state index contributed by atoms with van der Waals surface area (Å²) in [5, 5.41) is 19.7. The van der Waals surface area contributed by atoms with Crippen LogP contribution in [0.15, 0.2) is 88.6 Å². The minimum Gasteiger partial charge on any atom is -0.479 e. The minimum atomic E-state index is -4.46. The average Bonchev–Trinajstić information content (AvgIpc) is 3.05. The molecule has 6 aromatic rings. The summed E-state index contributed by atoms with van der Waals surface area (Å²) in [6.45, 7) is 1.91. The van der Waals surface area contributed by atoms with E-state index in [0.29, 0.717) is 39.0 Å². The number of ketones is 1. The topological polar surface area (TPSA) is 203 Å². The summed E-state index contributed by atoms with van der Waals surface area (Å²) in [6, 6.07) is 23.7. The third kappa shape index (κ3) is 6.26. The van der Waals surface area contributed by atoms with Crippen molar-refractivity contribution < 1.29 is 52.2 Å². The smallest absolute Gasteiger partial charge is 0.479 e. The monoisotopic (exact) mass is 684 g/mol. The van der Waals surface area contributed by atoms with Gasteiger partial charge in [0.2, 0.25) is 11.9 Å². The van der Waals surface area contributed by atoms with Crippen molar-refractivity contribution in [3.8, 4) is 17.1 Å². The van der Waals surface area contributed by atoms with Gasteiger partial charge >= 0.3 is 45.7 Å². The van der Waals surface area contributed by atoms with Gasteiger partial charge in [-0.15, -0.1) is 6.07 Å². The first-order valence-electron chi connectivity index (χ1n) is 14.3. The Kier molecular flexibility index (Phi) is 8.98. The van der Waals surface area contributed by atoms with Gasteiger partial charge in [0.05, 0.1) is 22.5 Å². The number of nitrogens with one attached hydrogen (secondary N) is 3. The molecule has 49 heavy (non-hydrogen) atoms. The van der Waals surface area contributed by atoms with Gasteiger partial charge in [0, 0.05) is 29.8 Å². The van der Waals surface area contributed by atoms with Gasteiger partial charge in [-0.2, -0.15) is 57.3 Å². The quantitative estimate of drug-likeness (QED) is 0.0878. The van der Waals surface area contributed by atoms with Crippen molar-refractivity contribution >= 4 is 61.5 Å². The molecule has 0 amide bonds. The molecule has 4 aromatic carbocycles. The number of hydrogen-bond donors (Lipinski definition) is 5. The first-order chi connectivity index (χ1) is 23.0. The number of aryl methyl sites for hydroxylation is 2. The summed E-state index contributed by atoms with van der Waals surface area (Å²) in [4.78, 5) is 38.7. The van der Waals surface area contributed by atoms with Crippen molar-refractivity contribution in [3.63, 3.8) is 0 Å². The Balaban J connectivity index is 0.00000417. The van der Waals surface area contributed by atoms with Crippen molar-refractivity contribution in [2.24, 2.45) is 12.9 Å². The summed E-state index contributed by atoms with van der Waals surface area (Å²) in [7, 11) is -2.85. The van der Waals surface area contributed by atoms with E-state index < -0.39 is 16.1 Å². The molecule has 16 heteroatoms. The molecule has 1 aliphatic carbocycles. The van der Waals surface area contributed by atoms with Gasteiger partial charge in [0.25, 0.3) is 5.56 Å². The van der Waals surface area contributed by atoms with Gasteiger partial charge in [-0.25, -0.2) is 0 Å². The molecule has 0 fully saturated rings. The van der Waals surface area contributed by atoms with Crippen LogP contribution >= 0.6 is 0 Å². The van der Waals surface area contributed by atoms with Crippen molar-refractivity contribution in [1.29, 1.82) is 0 Å². The molecular weight excluding hydrogens is 659 g/mol. The summed E-state index contributed by atoms with van der Waals surface area (Å²) >= 11 is 0. The average molecular weight is 685 g/mol. The van der Waals surface area contributed by atoms with Gasteiger partial charge in [0.15, 0.2) is 5.78 Å². The van der Waals surface area contributed by atoms with E-state index in [9.17, 15) is 23.1 Å². The number of anilines is 6. The molecule has 0 radical (unpaired) electrons. The van der Waals surface area contributed by atoms with Gasteiger partial charge < -0.3 is 25.6 Å². The van der Waals surface area contributed by atoms with Gasteiger partial charge in [0.1, 0.15) is 4.90 Å². The van der Waals surface area contributed by atoms with E-state index in [0.717, 1.165) is 5.56 Å². The number of fused-ring (bicyclic) bond motifs is 2. The molecule has 7 rings (SSSR count). The fraction of sp³-hybridized carbons (Fsp3) is 0.0606. The van der Waals surface area contributed by atoms with E-state index >= 15 is 0 Å². The fourth-order valence-corrected chi connectivity index (χ4v) is 6.37. The first kappa shape index (κ1) is 33.7. The Labute approximate surface area is 301 Å². The van der Waals surface area contributed by atoms with Crippen molar-refractivity contribution in [1.82, 2.24) is 19.5 Å². The van der Waals surface area contributed by atoms with E-state index in [2.05, 4.69) is 41.3 Å². The maximum atomic E-state index is 14.0.